The van der Waals surface area contributed by atoms with Gasteiger partial charge in [0, 0.05) is 11.3 Å². The topological polar surface area (TPSA) is 66.7 Å². The molecule has 0 N–H and O–H groups in total. The molecular weight excluding hydrogens is 342 g/mol. The van der Waals surface area contributed by atoms with E-state index in [1.165, 1.54) is 9.80 Å². The van der Waals surface area contributed by atoms with Crippen LogP contribution in [-0.2, 0) is 11.3 Å². The van der Waals surface area contributed by atoms with Crippen molar-refractivity contribution in [3.05, 3.63) is 72.2 Å². The predicted molar refractivity (Wildman–Crippen MR) is 101 cm³/mol. The number of imide groups is 1. The standard InChI is InChI=1S/C21H19N3O3/c1-14-8-10-17(11-9-14)24-15(2)20(25)23(21(24)26)13-19-22-12-18(27-19)16-6-4-3-5-7-16/h3-12,15H,13H2,1-2H3. The number of hydrogen-bond donors (Lipinski definition) is 0. The van der Waals surface area contributed by atoms with Gasteiger partial charge >= 0.3 is 6.03 Å². The van der Waals surface area contributed by atoms with Gasteiger partial charge in [-0.15, -0.1) is 0 Å². The first-order valence-electron chi connectivity index (χ1n) is 8.76. The van der Waals surface area contributed by atoms with Crippen LogP contribution in [0.4, 0.5) is 10.5 Å². The van der Waals surface area contributed by atoms with E-state index in [0.717, 1.165) is 11.1 Å². The van der Waals surface area contributed by atoms with Crippen molar-refractivity contribution in [2.45, 2.75) is 26.4 Å². The molecule has 3 amide bonds. The summed E-state index contributed by atoms with van der Waals surface area (Å²) in [6, 6.07) is 16.2. The van der Waals surface area contributed by atoms with E-state index in [0.29, 0.717) is 17.3 Å². The molecule has 0 aliphatic carbocycles. The molecule has 2 heterocycles. The molecule has 6 heteroatoms. The van der Waals surface area contributed by atoms with E-state index in [2.05, 4.69) is 4.98 Å². The molecule has 4 rings (SSSR count). The van der Waals surface area contributed by atoms with E-state index in [9.17, 15) is 9.59 Å². The van der Waals surface area contributed by atoms with Crippen LogP contribution in [0.2, 0.25) is 0 Å². The van der Waals surface area contributed by atoms with Gasteiger partial charge in [0.1, 0.15) is 12.6 Å². The minimum atomic E-state index is -0.566. The van der Waals surface area contributed by atoms with Crippen molar-refractivity contribution in [3.8, 4) is 11.3 Å². The lowest BCUT2D eigenvalue weighted by atomic mass is 10.2. The Morgan fingerprint density at radius 2 is 1.74 bits per heavy atom. The molecule has 1 unspecified atom stereocenters. The number of hydrogen-bond acceptors (Lipinski definition) is 4. The number of urea groups is 1. The highest BCUT2D eigenvalue weighted by molar-refractivity contribution is 6.13. The van der Waals surface area contributed by atoms with Gasteiger partial charge in [0.05, 0.1) is 6.20 Å². The Balaban J connectivity index is 1.56. The van der Waals surface area contributed by atoms with E-state index in [1.807, 2.05) is 61.5 Å². The Morgan fingerprint density at radius 1 is 1.04 bits per heavy atom. The van der Waals surface area contributed by atoms with Gasteiger partial charge < -0.3 is 4.42 Å². The average molecular weight is 361 g/mol. The SMILES string of the molecule is Cc1ccc(N2C(=O)N(Cc3ncc(-c4ccccc4)o3)C(=O)C2C)cc1. The molecule has 1 atom stereocenters. The van der Waals surface area contributed by atoms with Crippen LogP contribution in [-0.4, -0.2) is 27.9 Å². The highest BCUT2D eigenvalue weighted by Crippen LogP contribution is 2.28. The molecule has 6 nitrogen and oxygen atoms in total. The summed E-state index contributed by atoms with van der Waals surface area (Å²) in [4.78, 5) is 32.4. The maximum Gasteiger partial charge on any atom is 0.332 e. The van der Waals surface area contributed by atoms with E-state index >= 15 is 0 Å². The molecule has 1 fully saturated rings. The second-order valence-corrected chi connectivity index (χ2v) is 6.57. The maximum atomic E-state index is 12.9. The monoisotopic (exact) mass is 361 g/mol. The highest BCUT2D eigenvalue weighted by Gasteiger charge is 2.43. The number of aromatic nitrogens is 1. The van der Waals surface area contributed by atoms with Gasteiger partial charge in [0.2, 0.25) is 5.89 Å². The summed E-state index contributed by atoms with van der Waals surface area (Å²) < 4.78 is 5.74. The minimum Gasteiger partial charge on any atom is -0.439 e. The summed E-state index contributed by atoms with van der Waals surface area (Å²) in [5.74, 6) is 0.668. The third kappa shape index (κ3) is 3.10. The molecule has 1 aromatic heterocycles. The van der Waals surface area contributed by atoms with Crippen molar-refractivity contribution in [1.82, 2.24) is 9.88 Å². The van der Waals surface area contributed by atoms with Crippen LogP contribution in [0, 0.1) is 6.92 Å². The van der Waals surface area contributed by atoms with Gasteiger partial charge in [0.25, 0.3) is 5.91 Å². The normalized spacial score (nSPS) is 17.0. The van der Waals surface area contributed by atoms with Gasteiger partial charge in [-0.05, 0) is 26.0 Å². The lowest BCUT2D eigenvalue weighted by Crippen LogP contribution is -2.33. The number of amides is 3. The van der Waals surface area contributed by atoms with Crippen molar-refractivity contribution in [2.24, 2.45) is 0 Å². The molecule has 1 saturated heterocycles. The van der Waals surface area contributed by atoms with Gasteiger partial charge in [-0.1, -0.05) is 48.0 Å². The van der Waals surface area contributed by atoms with Gasteiger partial charge in [-0.25, -0.2) is 9.78 Å². The molecule has 0 saturated carbocycles. The third-order valence-electron chi connectivity index (χ3n) is 4.67. The molecule has 27 heavy (non-hydrogen) atoms. The predicted octanol–water partition coefficient (Wildman–Crippen LogP) is 4.01. The fourth-order valence-electron chi connectivity index (χ4n) is 3.17. The summed E-state index contributed by atoms with van der Waals surface area (Å²) in [6.45, 7) is 3.71. The molecule has 3 aromatic rings. The Morgan fingerprint density at radius 3 is 2.44 bits per heavy atom. The summed E-state index contributed by atoms with van der Waals surface area (Å²) in [7, 11) is 0. The smallest absolute Gasteiger partial charge is 0.332 e. The maximum absolute atomic E-state index is 12.9. The van der Waals surface area contributed by atoms with Crippen LogP contribution in [0.25, 0.3) is 11.3 Å². The Kier molecular flexibility index (Phi) is 4.24. The number of carbonyl (C=O) groups excluding carboxylic acids is 2. The fourth-order valence-corrected chi connectivity index (χ4v) is 3.17. The Bertz CT molecular complexity index is 979. The quantitative estimate of drug-likeness (QED) is 0.659. The van der Waals surface area contributed by atoms with Crippen LogP contribution in [0.5, 0.6) is 0 Å². The fraction of sp³-hybridized carbons (Fsp3) is 0.190. The molecule has 1 aliphatic rings. The largest absolute Gasteiger partial charge is 0.439 e. The van der Waals surface area contributed by atoms with Crippen molar-refractivity contribution in [3.63, 3.8) is 0 Å². The van der Waals surface area contributed by atoms with E-state index in [1.54, 1.807) is 13.1 Å². The molecular formula is C21H19N3O3. The zero-order chi connectivity index (χ0) is 19.0. The summed E-state index contributed by atoms with van der Waals surface area (Å²) >= 11 is 0. The van der Waals surface area contributed by atoms with Crippen molar-refractivity contribution < 1.29 is 14.0 Å². The van der Waals surface area contributed by atoms with Gasteiger partial charge in [-0.2, -0.15) is 0 Å². The van der Waals surface area contributed by atoms with Gasteiger partial charge in [-0.3, -0.25) is 14.6 Å². The van der Waals surface area contributed by atoms with E-state index < -0.39 is 6.04 Å². The number of rotatable bonds is 4. The molecule has 0 bridgehead atoms. The number of aryl methyl sites for hydroxylation is 1. The summed E-state index contributed by atoms with van der Waals surface area (Å²) in [6.07, 6.45) is 1.61. The highest BCUT2D eigenvalue weighted by atomic mass is 16.4. The van der Waals surface area contributed by atoms with Crippen LogP contribution in [0.1, 0.15) is 18.4 Å². The number of oxazole rings is 1. The lowest BCUT2D eigenvalue weighted by Gasteiger charge is -2.19. The van der Waals surface area contributed by atoms with Crippen LogP contribution in [0.3, 0.4) is 0 Å². The second-order valence-electron chi connectivity index (χ2n) is 6.57. The summed E-state index contributed by atoms with van der Waals surface area (Å²) in [5, 5.41) is 0. The first-order chi connectivity index (χ1) is 13.0. The molecule has 0 spiro atoms. The minimum absolute atomic E-state index is 0.0111. The first kappa shape index (κ1) is 17.0. The van der Waals surface area contributed by atoms with Crippen molar-refractivity contribution in [2.75, 3.05) is 4.90 Å². The van der Waals surface area contributed by atoms with E-state index in [-0.39, 0.29) is 18.5 Å². The zero-order valence-electron chi connectivity index (χ0n) is 15.1. The third-order valence-corrected chi connectivity index (χ3v) is 4.67. The van der Waals surface area contributed by atoms with Crippen molar-refractivity contribution >= 4 is 17.6 Å². The Labute approximate surface area is 157 Å². The molecule has 136 valence electrons. The number of benzene rings is 2. The first-order valence-corrected chi connectivity index (χ1v) is 8.76. The summed E-state index contributed by atoms with van der Waals surface area (Å²) in [5.41, 5.74) is 2.69. The van der Waals surface area contributed by atoms with E-state index in [4.69, 9.17) is 4.42 Å². The number of nitrogens with zero attached hydrogens (tertiary/aromatic N) is 3. The zero-order valence-corrected chi connectivity index (χ0v) is 15.1. The Hall–Kier alpha value is -3.41. The number of carbonyl (C=O) groups is 2. The van der Waals surface area contributed by atoms with Crippen LogP contribution >= 0.6 is 0 Å². The van der Waals surface area contributed by atoms with Crippen LogP contribution in [0.15, 0.2) is 65.2 Å². The van der Waals surface area contributed by atoms with Crippen LogP contribution < -0.4 is 4.90 Å². The molecule has 2 aromatic carbocycles. The average Bonchev–Trinajstić information content (AvgIpc) is 3.23. The lowest BCUT2D eigenvalue weighted by molar-refractivity contribution is -0.127. The molecule has 0 radical (unpaired) electrons. The molecule has 1 aliphatic heterocycles. The number of anilines is 1. The van der Waals surface area contributed by atoms with Crippen molar-refractivity contribution in [1.29, 1.82) is 0 Å². The van der Waals surface area contributed by atoms with Gasteiger partial charge in [0.15, 0.2) is 5.76 Å². The second kappa shape index (κ2) is 6.72.